The Bertz CT molecular complexity index is 1390. The van der Waals surface area contributed by atoms with E-state index in [0.29, 0.717) is 12.2 Å². The summed E-state index contributed by atoms with van der Waals surface area (Å²) < 4.78 is 34.4. The van der Waals surface area contributed by atoms with Crippen molar-refractivity contribution in [2.75, 3.05) is 10.8 Å². The van der Waals surface area contributed by atoms with Gasteiger partial charge in [0.15, 0.2) is 0 Å². The molecule has 37 heavy (non-hydrogen) atoms. The highest BCUT2D eigenvalue weighted by Crippen LogP contribution is 2.42. The molecule has 0 unspecified atom stereocenters. The molecule has 10 heteroatoms. The third-order valence-electron chi connectivity index (χ3n) is 6.77. The molecular formula is C27H29N3O6S. The second kappa shape index (κ2) is 10.6. The summed E-state index contributed by atoms with van der Waals surface area (Å²) in [5.41, 5.74) is 0.112. The number of fused-ring (bicyclic) bond motifs is 1. The van der Waals surface area contributed by atoms with Crippen LogP contribution in [-0.2, 0) is 14.8 Å². The second-order valence-electron chi connectivity index (χ2n) is 8.96. The maximum atomic E-state index is 13.6. The van der Waals surface area contributed by atoms with Gasteiger partial charge in [0.1, 0.15) is 17.9 Å². The highest BCUT2D eigenvalue weighted by atomic mass is 32.2. The molecule has 3 aromatic carbocycles. The lowest BCUT2D eigenvalue weighted by atomic mass is 9.83. The van der Waals surface area contributed by atoms with Gasteiger partial charge < -0.3 is 10.1 Å². The van der Waals surface area contributed by atoms with Crippen LogP contribution in [-0.4, -0.2) is 31.4 Å². The Labute approximate surface area is 216 Å². The van der Waals surface area contributed by atoms with Gasteiger partial charge in [-0.05, 0) is 37.1 Å². The average Bonchev–Trinajstić information content (AvgIpc) is 2.92. The molecule has 0 aliphatic carbocycles. The summed E-state index contributed by atoms with van der Waals surface area (Å²) in [6.45, 7) is 3.52. The van der Waals surface area contributed by atoms with Crippen LogP contribution < -0.4 is 14.4 Å². The number of nitrogens with one attached hydrogen (secondary N) is 1. The first-order valence-corrected chi connectivity index (χ1v) is 13.5. The molecule has 194 valence electrons. The first kappa shape index (κ1) is 26.2. The van der Waals surface area contributed by atoms with E-state index < -0.39 is 33.0 Å². The number of para-hydroxylation sites is 1. The number of hydrogen-bond donors (Lipinski definition) is 1. The SMILES string of the molecule is CCC1(CC)C[C@H](NC(=O)CN(c2cccc([N+](=O)[O-])c2)S(=O)(=O)c2ccccc2)c2ccccc2O1. The fraction of sp³-hybridized carbons (Fsp3) is 0.296. The van der Waals surface area contributed by atoms with Crippen molar-refractivity contribution in [2.45, 2.75) is 49.6 Å². The Morgan fingerprint density at radius 2 is 1.73 bits per heavy atom. The minimum absolute atomic E-state index is 0.0250. The van der Waals surface area contributed by atoms with Gasteiger partial charge in [-0.1, -0.05) is 56.3 Å². The van der Waals surface area contributed by atoms with Crippen LogP contribution in [0.4, 0.5) is 11.4 Å². The van der Waals surface area contributed by atoms with Crippen molar-refractivity contribution in [1.82, 2.24) is 5.32 Å². The van der Waals surface area contributed by atoms with Crippen LogP contribution in [0.5, 0.6) is 5.75 Å². The number of nitrogens with zero attached hydrogens (tertiary/aromatic N) is 2. The molecule has 1 aliphatic heterocycles. The minimum Gasteiger partial charge on any atom is -0.487 e. The van der Waals surface area contributed by atoms with Crippen molar-refractivity contribution in [1.29, 1.82) is 0 Å². The number of amides is 1. The van der Waals surface area contributed by atoms with Crippen molar-refractivity contribution in [2.24, 2.45) is 0 Å². The van der Waals surface area contributed by atoms with Crippen LogP contribution in [0.1, 0.15) is 44.7 Å². The van der Waals surface area contributed by atoms with Crippen LogP contribution in [0.2, 0.25) is 0 Å². The number of sulfonamides is 1. The van der Waals surface area contributed by atoms with Gasteiger partial charge in [0.25, 0.3) is 15.7 Å². The predicted molar refractivity (Wildman–Crippen MR) is 140 cm³/mol. The topological polar surface area (TPSA) is 119 Å². The van der Waals surface area contributed by atoms with E-state index >= 15 is 0 Å². The summed E-state index contributed by atoms with van der Waals surface area (Å²) in [4.78, 5) is 24.1. The normalized spacial score (nSPS) is 16.2. The Hall–Kier alpha value is -3.92. The van der Waals surface area contributed by atoms with Gasteiger partial charge in [-0.25, -0.2) is 8.42 Å². The van der Waals surface area contributed by atoms with Crippen molar-refractivity contribution >= 4 is 27.3 Å². The number of carbonyl (C=O) groups is 1. The maximum absolute atomic E-state index is 13.6. The lowest BCUT2D eigenvalue weighted by Gasteiger charge is -2.41. The van der Waals surface area contributed by atoms with Gasteiger partial charge in [-0.2, -0.15) is 0 Å². The lowest BCUT2D eigenvalue weighted by molar-refractivity contribution is -0.384. The molecule has 1 N–H and O–H groups in total. The first-order chi connectivity index (χ1) is 17.7. The summed E-state index contributed by atoms with van der Waals surface area (Å²) in [6, 6.07) is 20.0. The van der Waals surface area contributed by atoms with Gasteiger partial charge in [0.2, 0.25) is 5.91 Å². The zero-order valence-corrected chi connectivity index (χ0v) is 21.5. The summed E-state index contributed by atoms with van der Waals surface area (Å²) in [5.74, 6) is 0.156. The fourth-order valence-electron chi connectivity index (χ4n) is 4.60. The third kappa shape index (κ3) is 5.43. The molecule has 9 nitrogen and oxygen atoms in total. The summed E-state index contributed by atoms with van der Waals surface area (Å²) in [5, 5.41) is 14.4. The number of rotatable bonds is 9. The molecule has 3 aromatic rings. The maximum Gasteiger partial charge on any atom is 0.271 e. The van der Waals surface area contributed by atoms with Crippen LogP contribution >= 0.6 is 0 Å². The molecule has 0 fully saturated rings. The molecule has 1 heterocycles. The molecule has 0 bridgehead atoms. The average molecular weight is 524 g/mol. The molecule has 0 saturated carbocycles. The molecule has 1 aliphatic rings. The Balaban J connectivity index is 1.68. The highest BCUT2D eigenvalue weighted by molar-refractivity contribution is 7.92. The fourth-order valence-corrected chi connectivity index (χ4v) is 6.03. The van der Waals surface area contributed by atoms with E-state index in [1.807, 2.05) is 38.1 Å². The van der Waals surface area contributed by atoms with Gasteiger partial charge in [-0.15, -0.1) is 0 Å². The molecule has 0 saturated heterocycles. The van der Waals surface area contributed by atoms with Gasteiger partial charge >= 0.3 is 0 Å². The predicted octanol–water partition coefficient (Wildman–Crippen LogP) is 4.99. The number of ether oxygens (including phenoxy) is 1. The Morgan fingerprint density at radius 3 is 2.41 bits per heavy atom. The van der Waals surface area contributed by atoms with E-state index in [-0.39, 0.29) is 22.3 Å². The molecule has 0 aromatic heterocycles. The first-order valence-electron chi connectivity index (χ1n) is 12.1. The number of hydrogen-bond acceptors (Lipinski definition) is 6. The molecule has 1 atom stereocenters. The van der Waals surface area contributed by atoms with E-state index in [1.165, 1.54) is 30.3 Å². The van der Waals surface area contributed by atoms with E-state index in [0.717, 1.165) is 28.8 Å². The summed E-state index contributed by atoms with van der Waals surface area (Å²) in [7, 11) is -4.20. The second-order valence-corrected chi connectivity index (χ2v) is 10.8. The van der Waals surface area contributed by atoms with Gasteiger partial charge in [0.05, 0.1) is 21.5 Å². The zero-order chi connectivity index (χ0) is 26.6. The molecular weight excluding hydrogens is 494 g/mol. The van der Waals surface area contributed by atoms with Crippen molar-refractivity contribution < 1.29 is 22.9 Å². The molecule has 4 rings (SSSR count). The van der Waals surface area contributed by atoms with E-state index in [4.69, 9.17) is 4.74 Å². The number of nitro groups is 1. The van der Waals surface area contributed by atoms with Crippen molar-refractivity contribution in [3.05, 3.63) is 94.5 Å². The Kier molecular flexibility index (Phi) is 7.49. The lowest BCUT2D eigenvalue weighted by Crippen LogP contribution is -2.47. The molecule has 0 radical (unpaired) electrons. The smallest absolute Gasteiger partial charge is 0.271 e. The molecule has 0 spiro atoms. The van der Waals surface area contributed by atoms with Gasteiger partial charge in [-0.3, -0.25) is 19.2 Å². The monoisotopic (exact) mass is 523 g/mol. The van der Waals surface area contributed by atoms with Crippen LogP contribution in [0.25, 0.3) is 0 Å². The van der Waals surface area contributed by atoms with Crippen LogP contribution in [0.3, 0.4) is 0 Å². The van der Waals surface area contributed by atoms with Crippen LogP contribution in [0, 0.1) is 10.1 Å². The van der Waals surface area contributed by atoms with E-state index in [1.54, 1.807) is 18.2 Å². The number of anilines is 1. The third-order valence-corrected chi connectivity index (χ3v) is 8.56. The number of non-ortho nitro benzene ring substituents is 1. The number of benzene rings is 3. The standard InChI is InChI=1S/C27H29N3O6S/c1-3-27(4-2)18-24(23-15-8-9-16-25(23)36-27)28-26(31)19-29(20-11-10-12-21(17-20)30(32)33)37(34,35)22-13-6-5-7-14-22/h5-17,24H,3-4,18-19H2,1-2H3,(H,28,31)/t24-/m0/s1. The summed E-state index contributed by atoms with van der Waals surface area (Å²) >= 11 is 0. The van der Waals surface area contributed by atoms with Crippen LogP contribution in [0.15, 0.2) is 83.8 Å². The summed E-state index contributed by atoms with van der Waals surface area (Å²) in [6.07, 6.45) is 2.02. The van der Waals surface area contributed by atoms with Gasteiger partial charge in [0, 0.05) is 24.1 Å². The largest absolute Gasteiger partial charge is 0.487 e. The number of carbonyl (C=O) groups excluding carboxylic acids is 1. The van der Waals surface area contributed by atoms with E-state index in [2.05, 4.69) is 5.32 Å². The van der Waals surface area contributed by atoms with E-state index in [9.17, 15) is 23.3 Å². The van der Waals surface area contributed by atoms with Crippen molar-refractivity contribution in [3.63, 3.8) is 0 Å². The zero-order valence-electron chi connectivity index (χ0n) is 20.7. The molecule has 1 amide bonds. The quantitative estimate of drug-likeness (QED) is 0.312. The minimum atomic E-state index is -4.20. The van der Waals surface area contributed by atoms with Crippen molar-refractivity contribution in [3.8, 4) is 5.75 Å². The highest BCUT2D eigenvalue weighted by Gasteiger charge is 2.39. The number of nitro benzene ring substituents is 1. The Morgan fingerprint density at radius 1 is 1.05 bits per heavy atom.